The first-order valence-corrected chi connectivity index (χ1v) is 11.9. The minimum absolute atomic E-state index is 0.727. The summed E-state index contributed by atoms with van der Waals surface area (Å²) < 4.78 is 5.60. The van der Waals surface area contributed by atoms with Gasteiger partial charge >= 0.3 is 0 Å². The molecule has 2 aliphatic rings. The van der Waals surface area contributed by atoms with Gasteiger partial charge in [0.2, 0.25) is 0 Å². The molecule has 174 valence electrons. The number of hydrogen-bond acceptors (Lipinski definition) is 7. The van der Waals surface area contributed by atoms with Crippen molar-refractivity contribution in [3.63, 3.8) is 0 Å². The number of nitrogens with one attached hydrogen (secondary N) is 2. The Morgan fingerprint density at radius 1 is 0.971 bits per heavy atom. The minimum Gasteiger partial charge on any atom is -0.496 e. The molecule has 2 aromatic heterocycles. The number of nitrogens with zero attached hydrogens (tertiary/aromatic N) is 5. The average Bonchev–Trinajstić information content (AvgIpc) is 3.32. The highest BCUT2D eigenvalue weighted by Crippen LogP contribution is 2.34. The van der Waals surface area contributed by atoms with E-state index >= 15 is 0 Å². The van der Waals surface area contributed by atoms with Gasteiger partial charge in [-0.05, 0) is 49.8 Å². The number of rotatable bonds is 4. The fraction of sp³-hybridized carbons (Fsp3) is 0.346. The van der Waals surface area contributed by atoms with E-state index in [4.69, 9.17) is 9.72 Å². The molecule has 1 saturated heterocycles. The summed E-state index contributed by atoms with van der Waals surface area (Å²) >= 11 is 0. The van der Waals surface area contributed by atoms with E-state index in [0.29, 0.717) is 0 Å². The molecule has 0 spiro atoms. The van der Waals surface area contributed by atoms with E-state index in [-0.39, 0.29) is 0 Å². The Hall–Kier alpha value is -3.49. The van der Waals surface area contributed by atoms with Crippen molar-refractivity contribution in [2.45, 2.75) is 13.0 Å². The van der Waals surface area contributed by atoms with Gasteiger partial charge in [0.1, 0.15) is 22.5 Å². The summed E-state index contributed by atoms with van der Waals surface area (Å²) in [5.41, 5.74) is 8.37. The molecule has 0 saturated carbocycles. The maximum Gasteiger partial charge on any atom is 0.160 e. The lowest BCUT2D eigenvalue weighted by molar-refractivity contribution is 0.313. The third kappa shape index (κ3) is 3.69. The lowest BCUT2D eigenvalue weighted by atomic mass is 9.94. The van der Waals surface area contributed by atoms with Gasteiger partial charge in [-0.3, -0.25) is 5.10 Å². The van der Waals surface area contributed by atoms with Crippen LogP contribution < -0.4 is 15.0 Å². The Morgan fingerprint density at radius 2 is 1.79 bits per heavy atom. The molecule has 0 aliphatic carbocycles. The maximum absolute atomic E-state index is 5.60. The SMILES string of the molecule is COc1ccc(-c2ncc3[nH]nc(-c4ccc(N5CCN(C)CC5)cc4)c3n2)c2c1CNCC2. The quantitative estimate of drug-likeness (QED) is 0.489. The van der Waals surface area contributed by atoms with Gasteiger partial charge in [0.25, 0.3) is 0 Å². The van der Waals surface area contributed by atoms with Gasteiger partial charge in [-0.15, -0.1) is 0 Å². The summed E-state index contributed by atoms with van der Waals surface area (Å²) in [7, 11) is 3.90. The monoisotopic (exact) mass is 455 g/mol. The number of piperazine rings is 1. The number of methoxy groups -OCH3 is 1. The van der Waals surface area contributed by atoms with Gasteiger partial charge in [-0.25, -0.2) is 9.97 Å². The highest BCUT2D eigenvalue weighted by molar-refractivity contribution is 5.90. The molecule has 0 radical (unpaired) electrons. The Bertz CT molecular complexity index is 1320. The van der Waals surface area contributed by atoms with Crippen LogP contribution in [0, 0.1) is 0 Å². The topological polar surface area (TPSA) is 82.2 Å². The number of H-pyrrole nitrogens is 1. The average molecular weight is 456 g/mol. The molecule has 4 heterocycles. The van der Waals surface area contributed by atoms with Gasteiger partial charge in [-0.1, -0.05) is 12.1 Å². The molecule has 0 bridgehead atoms. The van der Waals surface area contributed by atoms with Gasteiger partial charge in [0, 0.05) is 55.1 Å². The number of benzene rings is 2. The fourth-order valence-electron chi connectivity index (χ4n) is 5.02. The number of likely N-dealkylation sites (N-methyl/N-ethyl adjacent to an activating group) is 1. The van der Waals surface area contributed by atoms with Crippen LogP contribution in [0.4, 0.5) is 5.69 Å². The van der Waals surface area contributed by atoms with Crippen LogP contribution in [0.3, 0.4) is 0 Å². The zero-order valence-corrected chi connectivity index (χ0v) is 19.6. The zero-order chi connectivity index (χ0) is 23.1. The Balaban J connectivity index is 1.36. The summed E-state index contributed by atoms with van der Waals surface area (Å²) in [5, 5.41) is 11.1. The van der Waals surface area contributed by atoms with Crippen molar-refractivity contribution in [1.82, 2.24) is 30.4 Å². The molecule has 6 rings (SSSR count). The highest BCUT2D eigenvalue weighted by Gasteiger charge is 2.21. The molecule has 4 aromatic rings. The predicted molar refractivity (Wildman–Crippen MR) is 134 cm³/mol. The molecule has 0 unspecified atom stereocenters. The van der Waals surface area contributed by atoms with E-state index < -0.39 is 0 Å². The van der Waals surface area contributed by atoms with Crippen molar-refractivity contribution >= 4 is 16.7 Å². The Kier molecular flexibility index (Phi) is 5.39. The largest absolute Gasteiger partial charge is 0.496 e. The highest BCUT2D eigenvalue weighted by atomic mass is 16.5. The maximum atomic E-state index is 5.60. The predicted octanol–water partition coefficient (Wildman–Crippen LogP) is 3.09. The van der Waals surface area contributed by atoms with Crippen molar-refractivity contribution in [2.24, 2.45) is 0 Å². The number of fused-ring (bicyclic) bond motifs is 2. The van der Waals surface area contributed by atoms with E-state index in [2.05, 4.69) is 67.7 Å². The van der Waals surface area contributed by atoms with Crippen LogP contribution in [-0.2, 0) is 13.0 Å². The third-order valence-corrected chi connectivity index (χ3v) is 7.01. The minimum atomic E-state index is 0.727. The van der Waals surface area contributed by atoms with Crippen LogP contribution in [0.5, 0.6) is 5.75 Å². The Morgan fingerprint density at radius 3 is 2.59 bits per heavy atom. The van der Waals surface area contributed by atoms with Crippen molar-refractivity contribution in [3.8, 4) is 28.4 Å². The van der Waals surface area contributed by atoms with Gasteiger partial charge < -0.3 is 19.9 Å². The van der Waals surface area contributed by atoms with Gasteiger partial charge in [0.15, 0.2) is 5.82 Å². The molecule has 0 atom stereocenters. The summed E-state index contributed by atoms with van der Waals surface area (Å²) in [4.78, 5) is 14.5. The van der Waals surface area contributed by atoms with Crippen LogP contribution in [0.25, 0.3) is 33.7 Å². The molecule has 1 fully saturated rings. The van der Waals surface area contributed by atoms with E-state index in [1.54, 1.807) is 7.11 Å². The molecular formula is C26H29N7O. The fourth-order valence-corrected chi connectivity index (χ4v) is 5.02. The smallest absolute Gasteiger partial charge is 0.160 e. The van der Waals surface area contributed by atoms with Crippen molar-refractivity contribution in [1.29, 1.82) is 0 Å². The lowest BCUT2D eigenvalue weighted by Crippen LogP contribution is -2.44. The number of hydrogen-bond donors (Lipinski definition) is 2. The standard InChI is InChI=1S/C26H29N7O/c1-32-11-13-33(14-12-32)18-5-3-17(4-6-18)24-25-22(30-31-24)16-28-26(29-25)20-7-8-23(34-2)21-15-27-10-9-19(20)21/h3-8,16,27H,9-15H2,1-2H3,(H,30,31). The third-order valence-electron chi connectivity index (χ3n) is 7.01. The lowest BCUT2D eigenvalue weighted by Gasteiger charge is -2.34. The first-order valence-electron chi connectivity index (χ1n) is 11.9. The van der Waals surface area contributed by atoms with E-state index in [9.17, 15) is 0 Å². The van der Waals surface area contributed by atoms with E-state index in [1.807, 2.05) is 12.3 Å². The second-order valence-corrected chi connectivity index (χ2v) is 9.06. The zero-order valence-electron chi connectivity index (χ0n) is 19.6. The molecule has 2 aliphatic heterocycles. The van der Waals surface area contributed by atoms with E-state index in [1.165, 1.54) is 16.8 Å². The molecule has 8 nitrogen and oxygen atoms in total. The molecular weight excluding hydrogens is 426 g/mol. The normalized spacial score (nSPS) is 16.6. The molecule has 8 heteroatoms. The molecule has 2 aromatic carbocycles. The van der Waals surface area contributed by atoms with Crippen LogP contribution in [-0.4, -0.2) is 71.9 Å². The molecule has 34 heavy (non-hydrogen) atoms. The van der Waals surface area contributed by atoms with Crippen LogP contribution in [0.1, 0.15) is 11.1 Å². The summed E-state index contributed by atoms with van der Waals surface area (Å²) in [6, 6.07) is 12.8. The number of aromatic amines is 1. The molecule has 0 amide bonds. The second kappa shape index (κ2) is 8.70. The Labute approximate surface area is 199 Å². The van der Waals surface area contributed by atoms with Gasteiger partial charge in [-0.2, -0.15) is 5.10 Å². The number of ether oxygens (including phenoxy) is 1. The second-order valence-electron chi connectivity index (χ2n) is 9.06. The van der Waals surface area contributed by atoms with Crippen LogP contribution in [0.15, 0.2) is 42.6 Å². The van der Waals surface area contributed by atoms with Crippen molar-refractivity contribution in [3.05, 3.63) is 53.7 Å². The first-order chi connectivity index (χ1) is 16.7. The molecule has 2 N–H and O–H groups in total. The first kappa shape index (κ1) is 21.1. The summed E-state index contributed by atoms with van der Waals surface area (Å²) in [6.07, 6.45) is 2.76. The van der Waals surface area contributed by atoms with Gasteiger partial charge in [0.05, 0.1) is 13.3 Å². The van der Waals surface area contributed by atoms with Crippen LogP contribution in [0.2, 0.25) is 0 Å². The summed E-state index contributed by atoms with van der Waals surface area (Å²) in [6.45, 7) is 6.03. The van der Waals surface area contributed by atoms with E-state index in [0.717, 1.165) is 85.1 Å². The van der Waals surface area contributed by atoms with Crippen LogP contribution >= 0.6 is 0 Å². The summed E-state index contributed by atoms with van der Waals surface area (Å²) in [5.74, 6) is 1.64. The van der Waals surface area contributed by atoms with Crippen molar-refractivity contribution < 1.29 is 4.74 Å². The number of anilines is 1. The number of aromatic nitrogens is 4. The van der Waals surface area contributed by atoms with Crippen molar-refractivity contribution in [2.75, 3.05) is 51.8 Å².